The standard InChI is InChI=1S/C19H18OSi.C6H16O2Si/c20-21(18-12-6-2-7-13-18,19-14-8-3-9-15-19)16-17-10-4-1-5-11-17;1-3-5-9(7,8)6-4-2/h1-15,20H,16H2;7-8H,3-6H2,1-2H3. The van der Waals surface area contributed by atoms with Crippen molar-refractivity contribution in [2.24, 2.45) is 0 Å². The van der Waals surface area contributed by atoms with Crippen LogP contribution in [0, 0.1) is 0 Å². The van der Waals surface area contributed by atoms with Crippen molar-refractivity contribution in [1.29, 1.82) is 0 Å². The van der Waals surface area contributed by atoms with Gasteiger partial charge >= 0.3 is 8.56 Å². The monoisotopic (exact) mass is 438 g/mol. The normalized spacial score (nSPS) is 11.5. The number of rotatable bonds is 8. The van der Waals surface area contributed by atoms with Crippen LogP contribution in [0.5, 0.6) is 0 Å². The molecule has 0 unspecified atom stereocenters. The number of benzene rings is 3. The predicted molar refractivity (Wildman–Crippen MR) is 131 cm³/mol. The van der Waals surface area contributed by atoms with E-state index in [1.807, 2.05) is 92.7 Å². The predicted octanol–water partition coefficient (Wildman–Crippen LogP) is 3.75. The zero-order chi connectivity index (χ0) is 21.9. The molecule has 0 aromatic heterocycles. The first-order chi connectivity index (χ1) is 14.4. The molecule has 160 valence electrons. The highest BCUT2D eigenvalue weighted by Gasteiger charge is 2.35. The van der Waals surface area contributed by atoms with E-state index in [-0.39, 0.29) is 0 Å². The van der Waals surface area contributed by atoms with Crippen LogP contribution in [0.2, 0.25) is 12.1 Å². The van der Waals surface area contributed by atoms with E-state index in [1.165, 1.54) is 5.56 Å². The van der Waals surface area contributed by atoms with Gasteiger partial charge < -0.3 is 14.4 Å². The Kier molecular flexibility index (Phi) is 9.68. The molecule has 0 aliphatic carbocycles. The first-order valence-electron chi connectivity index (χ1n) is 10.7. The highest BCUT2D eigenvalue weighted by Crippen LogP contribution is 2.12. The van der Waals surface area contributed by atoms with Gasteiger partial charge in [-0.2, -0.15) is 0 Å². The quantitative estimate of drug-likeness (QED) is 0.469. The summed E-state index contributed by atoms with van der Waals surface area (Å²) in [4.78, 5) is 30.0. The molecule has 0 heterocycles. The van der Waals surface area contributed by atoms with Crippen molar-refractivity contribution in [3.63, 3.8) is 0 Å². The van der Waals surface area contributed by atoms with Crippen molar-refractivity contribution in [2.75, 3.05) is 0 Å². The molecule has 0 fully saturated rings. The first kappa shape index (κ1) is 24.2. The smallest absolute Gasteiger partial charge is 0.332 e. The molecule has 3 N–H and O–H groups in total. The van der Waals surface area contributed by atoms with Crippen molar-refractivity contribution in [2.45, 2.75) is 44.8 Å². The minimum absolute atomic E-state index is 0.626. The van der Waals surface area contributed by atoms with Gasteiger partial charge in [0.15, 0.2) is 0 Å². The molecule has 3 aromatic carbocycles. The number of hydrogen-bond acceptors (Lipinski definition) is 3. The van der Waals surface area contributed by atoms with E-state index in [1.54, 1.807) is 0 Å². The summed E-state index contributed by atoms with van der Waals surface area (Å²) < 4.78 is 0. The Morgan fingerprint density at radius 2 is 0.933 bits per heavy atom. The van der Waals surface area contributed by atoms with E-state index < -0.39 is 16.9 Å². The van der Waals surface area contributed by atoms with E-state index in [4.69, 9.17) is 0 Å². The maximum absolute atomic E-state index is 11.5. The molecule has 0 saturated carbocycles. The molecular weight excluding hydrogens is 404 g/mol. The molecule has 0 saturated heterocycles. The molecular formula is C25H34O3Si2. The van der Waals surface area contributed by atoms with Crippen molar-refractivity contribution in [3.05, 3.63) is 96.6 Å². The summed E-state index contributed by atoms with van der Waals surface area (Å²) in [6.07, 6.45) is 1.78. The fraction of sp³-hybridized carbons (Fsp3) is 0.280. The van der Waals surface area contributed by atoms with Crippen LogP contribution in [-0.2, 0) is 6.04 Å². The van der Waals surface area contributed by atoms with Crippen LogP contribution in [-0.4, -0.2) is 31.3 Å². The van der Waals surface area contributed by atoms with E-state index in [9.17, 15) is 14.4 Å². The lowest BCUT2D eigenvalue weighted by Gasteiger charge is -2.26. The van der Waals surface area contributed by atoms with Crippen molar-refractivity contribution < 1.29 is 14.4 Å². The molecule has 0 aliphatic rings. The summed E-state index contributed by atoms with van der Waals surface area (Å²) in [5, 5.41) is 2.11. The average Bonchev–Trinajstić information content (AvgIpc) is 2.76. The molecule has 3 rings (SSSR count). The first-order valence-corrected chi connectivity index (χ1v) is 15.2. The second-order valence-corrected chi connectivity index (χ2v) is 13.9. The maximum Gasteiger partial charge on any atom is 0.332 e. The molecule has 0 atom stereocenters. The Labute approximate surface area is 183 Å². The third-order valence-corrected chi connectivity index (χ3v) is 11.2. The molecule has 0 spiro atoms. The third-order valence-electron chi connectivity index (χ3n) is 5.11. The van der Waals surface area contributed by atoms with Crippen LogP contribution in [0.3, 0.4) is 0 Å². The molecule has 0 radical (unpaired) electrons. The molecule has 5 heteroatoms. The fourth-order valence-electron chi connectivity index (χ4n) is 3.62. The highest BCUT2D eigenvalue weighted by molar-refractivity contribution is 6.96. The lowest BCUT2D eigenvalue weighted by molar-refractivity contribution is 0.355. The minimum Gasteiger partial charge on any atom is -0.424 e. The van der Waals surface area contributed by atoms with Crippen LogP contribution >= 0.6 is 0 Å². The van der Waals surface area contributed by atoms with E-state index in [2.05, 4.69) is 12.1 Å². The fourth-order valence-corrected chi connectivity index (χ4v) is 8.52. The van der Waals surface area contributed by atoms with Crippen molar-refractivity contribution in [1.82, 2.24) is 0 Å². The van der Waals surface area contributed by atoms with Crippen LogP contribution in [0.15, 0.2) is 91.0 Å². The lowest BCUT2D eigenvalue weighted by Crippen LogP contribution is -2.60. The zero-order valence-electron chi connectivity index (χ0n) is 18.0. The Morgan fingerprint density at radius 3 is 1.30 bits per heavy atom. The summed E-state index contributed by atoms with van der Waals surface area (Å²) in [6, 6.07) is 32.4. The molecule has 0 bridgehead atoms. The van der Waals surface area contributed by atoms with Crippen LogP contribution in [0.4, 0.5) is 0 Å². The van der Waals surface area contributed by atoms with Crippen LogP contribution < -0.4 is 10.4 Å². The lowest BCUT2D eigenvalue weighted by atomic mass is 10.2. The van der Waals surface area contributed by atoms with Gasteiger partial charge in [-0.25, -0.2) is 0 Å². The SMILES string of the molecule is CCC[Si](O)(O)CCC.O[Si](Cc1ccccc1)(c1ccccc1)c1ccccc1. The summed E-state index contributed by atoms with van der Waals surface area (Å²) in [7, 11) is -5.45. The molecule has 30 heavy (non-hydrogen) atoms. The van der Waals surface area contributed by atoms with Gasteiger partial charge in [0.1, 0.15) is 0 Å². The van der Waals surface area contributed by atoms with Gasteiger partial charge in [-0.3, -0.25) is 0 Å². The average molecular weight is 439 g/mol. The molecule has 3 aromatic rings. The molecule has 3 nitrogen and oxygen atoms in total. The minimum atomic E-state index is -2.74. The Hall–Kier alpha value is -2.03. The number of hydrogen-bond donors (Lipinski definition) is 3. The van der Waals surface area contributed by atoms with Gasteiger partial charge in [0, 0.05) is 0 Å². The summed E-state index contributed by atoms with van der Waals surface area (Å²) in [6.45, 7) is 3.95. The van der Waals surface area contributed by atoms with Gasteiger partial charge in [0.05, 0.1) is 0 Å². The third kappa shape index (κ3) is 7.34. The second-order valence-electron chi connectivity index (χ2n) is 7.74. The van der Waals surface area contributed by atoms with E-state index in [0.29, 0.717) is 18.1 Å². The van der Waals surface area contributed by atoms with Crippen molar-refractivity contribution >= 4 is 27.3 Å². The van der Waals surface area contributed by atoms with Gasteiger partial charge in [-0.1, -0.05) is 118 Å². The van der Waals surface area contributed by atoms with E-state index in [0.717, 1.165) is 23.2 Å². The summed E-state index contributed by atoms with van der Waals surface area (Å²) in [5.74, 6) is 0. The Balaban J connectivity index is 0.000000303. The maximum atomic E-state index is 11.5. The second kappa shape index (κ2) is 12.0. The van der Waals surface area contributed by atoms with Gasteiger partial charge in [-0.15, -0.1) is 0 Å². The molecule has 0 aliphatic heterocycles. The Bertz CT molecular complexity index is 793. The van der Waals surface area contributed by atoms with Gasteiger partial charge in [-0.05, 0) is 34.1 Å². The van der Waals surface area contributed by atoms with Gasteiger partial charge in [0.25, 0.3) is 8.32 Å². The van der Waals surface area contributed by atoms with Crippen LogP contribution in [0.1, 0.15) is 32.3 Å². The largest absolute Gasteiger partial charge is 0.424 e. The topological polar surface area (TPSA) is 60.7 Å². The van der Waals surface area contributed by atoms with Gasteiger partial charge in [0.2, 0.25) is 0 Å². The van der Waals surface area contributed by atoms with Crippen molar-refractivity contribution in [3.8, 4) is 0 Å². The van der Waals surface area contributed by atoms with Crippen LogP contribution in [0.25, 0.3) is 0 Å². The van der Waals surface area contributed by atoms with E-state index >= 15 is 0 Å². The Morgan fingerprint density at radius 1 is 0.567 bits per heavy atom. The zero-order valence-corrected chi connectivity index (χ0v) is 20.0. The summed E-state index contributed by atoms with van der Waals surface area (Å²) in [5.41, 5.74) is 1.18. The highest BCUT2D eigenvalue weighted by atomic mass is 28.4. The molecule has 0 amide bonds. The summed E-state index contributed by atoms with van der Waals surface area (Å²) >= 11 is 0.